The Morgan fingerprint density at radius 2 is 2.22 bits per heavy atom. The van der Waals surface area contributed by atoms with Gasteiger partial charge in [-0.2, -0.15) is 5.26 Å². The molecule has 1 aromatic rings. The van der Waals surface area contributed by atoms with E-state index in [9.17, 15) is 0 Å². The van der Waals surface area contributed by atoms with Crippen molar-refractivity contribution >= 4 is 0 Å². The molecule has 1 fully saturated rings. The summed E-state index contributed by atoms with van der Waals surface area (Å²) in [6.07, 6.45) is 8.48. The summed E-state index contributed by atoms with van der Waals surface area (Å²) in [5.74, 6) is 0.793. The van der Waals surface area contributed by atoms with Gasteiger partial charge in [0.1, 0.15) is 11.8 Å². The van der Waals surface area contributed by atoms with Crippen LogP contribution in [0.1, 0.15) is 50.3 Å². The van der Waals surface area contributed by atoms with Gasteiger partial charge in [-0.05, 0) is 31.7 Å². The maximum Gasteiger partial charge on any atom is 0.144 e. The van der Waals surface area contributed by atoms with Gasteiger partial charge in [-0.1, -0.05) is 25.3 Å². The van der Waals surface area contributed by atoms with Crippen molar-refractivity contribution in [2.24, 2.45) is 5.92 Å². The Hall–Kier alpha value is -1.40. The van der Waals surface area contributed by atoms with E-state index in [-0.39, 0.29) is 0 Å². The average molecular weight is 243 g/mol. The van der Waals surface area contributed by atoms with E-state index in [1.54, 1.807) is 6.20 Å². The summed E-state index contributed by atoms with van der Waals surface area (Å²) in [5.41, 5.74) is 1.54. The first kappa shape index (κ1) is 13.0. The highest BCUT2D eigenvalue weighted by molar-refractivity contribution is 5.30. The Labute approximate surface area is 109 Å². The zero-order valence-corrected chi connectivity index (χ0v) is 11.0. The largest absolute Gasteiger partial charge is 0.310 e. The molecule has 1 N–H and O–H groups in total. The average Bonchev–Trinajstić information content (AvgIpc) is 2.46. The predicted molar refractivity (Wildman–Crippen MR) is 71.8 cm³/mol. The van der Waals surface area contributed by atoms with Crippen molar-refractivity contribution in [1.29, 1.82) is 5.26 Å². The number of aromatic nitrogens is 1. The van der Waals surface area contributed by atoms with E-state index in [0.717, 1.165) is 18.0 Å². The number of nitriles is 1. The zero-order valence-electron chi connectivity index (χ0n) is 11.0. The SMILES string of the molecule is C[C@@H](NCc1cccnc1C#N)C1CCCCC1. The predicted octanol–water partition coefficient (Wildman–Crippen LogP) is 3.01. The third-order valence-electron chi connectivity index (χ3n) is 3.97. The van der Waals surface area contributed by atoms with Crippen molar-refractivity contribution in [3.63, 3.8) is 0 Å². The Morgan fingerprint density at radius 1 is 1.44 bits per heavy atom. The van der Waals surface area contributed by atoms with Crippen LogP contribution in [0.5, 0.6) is 0 Å². The van der Waals surface area contributed by atoms with Crippen LogP contribution in [-0.2, 0) is 6.54 Å². The number of hydrogen-bond donors (Lipinski definition) is 1. The summed E-state index contributed by atoms with van der Waals surface area (Å²) in [4.78, 5) is 4.09. The molecule has 0 aromatic carbocycles. The number of nitrogens with zero attached hydrogens (tertiary/aromatic N) is 2. The van der Waals surface area contributed by atoms with Gasteiger partial charge < -0.3 is 5.32 Å². The maximum atomic E-state index is 8.99. The van der Waals surface area contributed by atoms with Crippen molar-refractivity contribution in [2.75, 3.05) is 0 Å². The number of rotatable bonds is 4. The summed E-state index contributed by atoms with van der Waals surface area (Å²) in [5, 5.41) is 12.5. The van der Waals surface area contributed by atoms with Crippen LogP contribution in [0.3, 0.4) is 0 Å². The first-order valence-electron chi connectivity index (χ1n) is 6.88. The van der Waals surface area contributed by atoms with Gasteiger partial charge in [-0.3, -0.25) is 0 Å². The minimum Gasteiger partial charge on any atom is -0.310 e. The minimum atomic E-state index is 0.525. The number of hydrogen-bond acceptors (Lipinski definition) is 3. The van der Waals surface area contributed by atoms with Crippen LogP contribution in [0.15, 0.2) is 18.3 Å². The molecule has 1 heterocycles. The lowest BCUT2D eigenvalue weighted by atomic mass is 9.84. The van der Waals surface area contributed by atoms with E-state index >= 15 is 0 Å². The van der Waals surface area contributed by atoms with Crippen LogP contribution in [0.4, 0.5) is 0 Å². The van der Waals surface area contributed by atoms with E-state index in [0.29, 0.717) is 11.7 Å². The highest BCUT2D eigenvalue weighted by atomic mass is 14.9. The monoisotopic (exact) mass is 243 g/mol. The van der Waals surface area contributed by atoms with Gasteiger partial charge in [0.25, 0.3) is 0 Å². The van der Waals surface area contributed by atoms with Gasteiger partial charge >= 0.3 is 0 Å². The normalized spacial score (nSPS) is 18.2. The van der Waals surface area contributed by atoms with Crippen molar-refractivity contribution < 1.29 is 0 Å². The molecule has 3 heteroatoms. The summed E-state index contributed by atoms with van der Waals surface area (Å²) in [6.45, 7) is 3.01. The van der Waals surface area contributed by atoms with Gasteiger partial charge in [0, 0.05) is 24.3 Å². The van der Waals surface area contributed by atoms with Crippen LogP contribution in [0.25, 0.3) is 0 Å². The molecule has 18 heavy (non-hydrogen) atoms. The van der Waals surface area contributed by atoms with Gasteiger partial charge in [0.05, 0.1) is 0 Å². The Kier molecular flexibility index (Phi) is 4.72. The summed E-state index contributed by atoms with van der Waals surface area (Å²) in [6, 6.07) is 6.54. The fourth-order valence-corrected chi connectivity index (χ4v) is 2.75. The van der Waals surface area contributed by atoms with Crippen LogP contribution < -0.4 is 5.32 Å². The molecule has 1 aliphatic carbocycles. The third-order valence-corrected chi connectivity index (χ3v) is 3.97. The molecule has 1 aromatic heterocycles. The Bertz CT molecular complexity index is 416. The smallest absolute Gasteiger partial charge is 0.144 e. The van der Waals surface area contributed by atoms with E-state index in [2.05, 4.69) is 23.3 Å². The molecule has 0 unspecified atom stereocenters. The molecule has 0 saturated heterocycles. The fraction of sp³-hybridized carbons (Fsp3) is 0.600. The molecule has 0 amide bonds. The molecule has 0 bridgehead atoms. The van der Waals surface area contributed by atoms with Crippen LogP contribution in [-0.4, -0.2) is 11.0 Å². The first-order chi connectivity index (χ1) is 8.81. The third kappa shape index (κ3) is 3.30. The van der Waals surface area contributed by atoms with E-state index < -0.39 is 0 Å². The molecule has 1 aliphatic rings. The van der Waals surface area contributed by atoms with Crippen molar-refractivity contribution in [3.8, 4) is 6.07 Å². The first-order valence-corrected chi connectivity index (χ1v) is 6.88. The maximum absolute atomic E-state index is 8.99. The van der Waals surface area contributed by atoms with Crippen LogP contribution in [0, 0.1) is 17.2 Å². The molecule has 0 aliphatic heterocycles. The second-order valence-corrected chi connectivity index (χ2v) is 5.19. The lowest BCUT2D eigenvalue weighted by Gasteiger charge is -2.28. The highest BCUT2D eigenvalue weighted by Gasteiger charge is 2.19. The molecule has 2 rings (SSSR count). The lowest BCUT2D eigenvalue weighted by molar-refractivity contribution is 0.280. The minimum absolute atomic E-state index is 0.525. The Morgan fingerprint density at radius 3 is 2.94 bits per heavy atom. The highest BCUT2D eigenvalue weighted by Crippen LogP contribution is 2.26. The van der Waals surface area contributed by atoms with Crippen molar-refractivity contribution in [2.45, 2.75) is 51.6 Å². The summed E-state index contributed by atoms with van der Waals surface area (Å²) >= 11 is 0. The van der Waals surface area contributed by atoms with E-state index in [1.807, 2.05) is 12.1 Å². The topological polar surface area (TPSA) is 48.7 Å². The standard InChI is InChI=1S/C15H21N3/c1-12(13-6-3-2-4-7-13)18-11-14-8-5-9-17-15(14)10-16/h5,8-9,12-13,18H,2-4,6-7,11H2,1H3/t12-/m1/s1. The molecule has 3 nitrogen and oxygen atoms in total. The van der Waals surface area contributed by atoms with Crippen molar-refractivity contribution in [1.82, 2.24) is 10.3 Å². The van der Waals surface area contributed by atoms with Crippen LogP contribution in [0.2, 0.25) is 0 Å². The second kappa shape index (κ2) is 6.51. The van der Waals surface area contributed by atoms with E-state index in [4.69, 9.17) is 5.26 Å². The molecular weight excluding hydrogens is 222 g/mol. The zero-order chi connectivity index (χ0) is 12.8. The molecule has 96 valence electrons. The number of pyridine rings is 1. The fourth-order valence-electron chi connectivity index (χ4n) is 2.75. The molecule has 0 radical (unpaired) electrons. The lowest BCUT2D eigenvalue weighted by Crippen LogP contribution is -2.34. The molecule has 1 saturated carbocycles. The van der Waals surface area contributed by atoms with Gasteiger partial charge in [-0.15, -0.1) is 0 Å². The summed E-state index contributed by atoms with van der Waals surface area (Å²) in [7, 11) is 0. The molecular formula is C15H21N3. The number of nitrogens with one attached hydrogen (secondary N) is 1. The molecule has 1 atom stereocenters. The van der Waals surface area contributed by atoms with Gasteiger partial charge in [-0.25, -0.2) is 4.98 Å². The quantitative estimate of drug-likeness (QED) is 0.884. The van der Waals surface area contributed by atoms with Gasteiger partial charge in [0.15, 0.2) is 0 Å². The molecule has 0 spiro atoms. The Balaban J connectivity index is 1.88. The van der Waals surface area contributed by atoms with Crippen molar-refractivity contribution in [3.05, 3.63) is 29.6 Å². The summed E-state index contributed by atoms with van der Waals surface area (Å²) < 4.78 is 0. The van der Waals surface area contributed by atoms with E-state index in [1.165, 1.54) is 32.1 Å². The van der Waals surface area contributed by atoms with Crippen LogP contribution >= 0.6 is 0 Å². The second-order valence-electron chi connectivity index (χ2n) is 5.19. The van der Waals surface area contributed by atoms with Gasteiger partial charge in [0.2, 0.25) is 0 Å².